The van der Waals surface area contributed by atoms with E-state index >= 15 is 0 Å². The van der Waals surface area contributed by atoms with Gasteiger partial charge in [0.05, 0.1) is 5.25 Å². The summed E-state index contributed by atoms with van der Waals surface area (Å²) < 4.78 is 56.3. The van der Waals surface area contributed by atoms with E-state index in [0.29, 0.717) is 42.7 Å². The Balaban J connectivity index is 1.34. The molecule has 35 heavy (non-hydrogen) atoms. The van der Waals surface area contributed by atoms with Crippen molar-refractivity contribution in [2.75, 3.05) is 18.4 Å². The Morgan fingerprint density at radius 3 is 2.57 bits per heavy atom. The molecule has 0 atom stereocenters. The molecule has 2 N–H and O–H groups in total. The van der Waals surface area contributed by atoms with Gasteiger partial charge in [0.1, 0.15) is 5.82 Å². The molecule has 2 amide bonds. The highest BCUT2D eigenvalue weighted by atomic mass is 32.2. The fourth-order valence-electron chi connectivity index (χ4n) is 4.26. The van der Waals surface area contributed by atoms with Crippen LogP contribution in [0.25, 0.3) is 0 Å². The molecule has 0 unspecified atom stereocenters. The molecule has 1 fully saturated rings. The molecule has 2 aliphatic heterocycles. The number of Topliss-reactive ketones (excluding diaryl/α,β-unsaturated/α-hetero) is 1. The van der Waals surface area contributed by atoms with Gasteiger partial charge in [0, 0.05) is 42.8 Å². The summed E-state index contributed by atoms with van der Waals surface area (Å²) in [5.74, 6) is -1.81. The topological polar surface area (TPSA) is 105 Å². The van der Waals surface area contributed by atoms with Gasteiger partial charge < -0.3 is 19.7 Å². The molecule has 0 radical (unpaired) electrons. The minimum atomic E-state index is -3.96. The van der Waals surface area contributed by atoms with Gasteiger partial charge in [-0.2, -0.15) is 8.42 Å². The first-order valence-electron chi connectivity index (χ1n) is 11.3. The zero-order valence-corrected chi connectivity index (χ0v) is 20.3. The summed E-state index contributed by atoms with van der Waals surface area (Å²) in [5, 5.41) is 5.30. The maximum atomic E-state index is 14.0. The molecule has 2 aromatic rings. The average Bonchev–Trinajstić information content (AvgIpc) is 2.80. The summed E-state index contributed by atoms with van der Waals surface area (Å²) in [4.78, 5) is 26.9. The molecule has 188 valence electrons. The van der Waals surface area contributed by atoms with Crippen LogP contribution >= 0.6 is 0 Å². The predicted octanol–water partition coefficient (Wildman–Crippen LogP) is 3.82. The highest BCUT2D eigenvalue weighted by molar-refractivity contribution is 7.87. The number of fused-ring (bicyclic) bond motifs is 1. The molecule has 2 aromatic carbocycles. The van der Waals surface area contributed by atoms with Crippen molar-refractivity contribution in [1.29, 1.82) is 0 Å². The van der Waals surface area contributed by atoms with E-state index < -0.39 is 38.3 Å². The Kier molecular flexibility index (Phi) is 6.72. The second-order valence-corrected chi connectivity index (χ2v) is 11.3. The molecule has 0 aliphatic carbocycles. The SMILES string of the molecule is CC(C)S(=O)(=O)Oc1cc(CNC(=O)N2CCC3(CC2)CC(=O)c2cc(F)ccc2N3)ccc1F. The number of amides is 2. The van der Waals surface area contributed by atoms with Gasteiger partial charge in [0.2, 0.25) is 0 Å². The number of urea groups is 1. The number of nitrogens with zero attached hydrogens (tertiary/aromatic N) is 1. The van der Waals surface area contributed by atoms with Crippen LogP contribution in [0.3, 0.4) is 0 Å². The van der Waals surface area contributed by atoms with Crippen LogP contribution < -0.4 is 14.8 Å². The Labute approximate surface area is 202 Å². The first-order valence-corrected chi connectivity index (χ1v) is 12.8. The maximum Gasteiger partial charge on any atom is 0.317 e. The lowest BCUT2D eigenvalue weighted by Crippen LogP contribution is -2.55. The fraction of sp³-hybridized carbons (Fsp3) is 0.417. The number of rotatable bonds is 5. The van der Waals surface area contributed by atoms with Crippen molar-refractivity contribution in [3.05, 3.63) is 59.2 Å². The first-order chi connectivity index (χ1) is 16.5. The molecule has 1 spiro atoms. The Morgan fingerprint density at radius 2 is 1.89 bits per heavy atom. The van der Waals surface area contributed by atoms with Crippen molar-refractivity contribution in [2.45, 2.75) is 50.4 Å². The number of hydrogen-bond acceptors (Lipinski definition) is 6. The molecule has 4 rings (SSSR count). The van der Waals surface area contributed by atoms with Crippen LogP contribution in [0, 0.1) is 11.6 Å². The highest BCUT2D eigenvalue weighted by Gasteiger charge is 2.41. The first kappa shape index (κ1) is 24.9. The number of carbonyl (C=O) groups is 2. The van der Waals surface area contributed by atoms with E-state index in [1.807, 2.05) is 0 Å². The second kappa shape index (κ2) is 9.44. The van der Waals surface area contributed by atoms with Crippen molar-refractivity contribution in [3.63, 3.8) is 0 Å². The molecule has 8 nitrogen and oxygen atoms in total. The van der Waals surface area contributed by atoms with Crippen LogP contribution in [0.15, 0.2) is 36.4 Å². The lowest BCUT2D eigenvalue weighted by atomic mass is 9.78. The van der Waals surface area contributed by atoms with Gasteiger partial charge in [-0.05, 0) is 62.6 Å². The number of likely N-dealkylation sites (tertiary alicyclic amines) is 1. The van der Waals surface area contributed by atoms with Gasteiger partial charge in [-0.1, -0.05) is 6.07 Å². The maximum absolute atomic E-state index is 14.0. The fourth-order valence-corrected chi connectivity index (χ4v) is 4.83. The third-order valence-corrected chi connectivity index (χ3v) is 7.98. The van der Waals surface area contributed by atoms with Crippen molar-refractivity contribution in [3.8, 4) is 5.75 Å². The normalized spacial score (nSPS) is 17.2. The lowest BCUT2D eigenvalue weighted by molar-refractivity contribution is 0.0915. The van der Waals surface area contributed by atoms with Gasteiger partial charge in [-0.3, -0.25) is 4.79 Å². The monoisotopic (exact) mass is 507 g/mol. The van der Waals surface area contributed by atoms with Gasteiger partial charge in [0.15, 0.2) is 17.3 Å². The zero-order valence-electron chi connectivity index (χ0n) is 19.4. The van der Waals surface area contributed by atoms with Crippen LogP contribution in [0.1, 0.15) is 49.0 Å². The minimum Gasteiger partial charge on any atom is -0.379 e. The summed E-state index contributed by atoms with van der Waals surface area (Å²) in [6.07, 6.45) is 1.33. The summed E-state index contributed by atoms with van der Waals surface area (Å²) >= 11 is 0. The van der Waals surface area contributed by atoms with Crippen LogP contribution in [0.4, 0.5) is 19.3 Å². The van der Waals surface area contributed by atoms with Crippen LogP contribution in [0.2, 0.25) is 0 Å². The van der Waals surface area contributed by atoms with E-state index in [1.165, 1.54) is 38.1 Å². The van der Waals surface area contributed by atoms with Crippen molar-refractivity contribution in [2.24, 2.45) is 0 Å². The van der Waals surface area contributed by atoms with Crippen molar-refractivity contribution in [1.82, 2.24) is 10.2 Å². The lowest BCUT2D eigenvalue weighted by Gasteiger charge is -2.45. The van der Waals surface area contributed by atoms with Gasteiger partial charge in [0.25, 0.3) is 0 Å². The second-order valence-electron chi connectivity index (χ2n) is 9.23. The Hall–Kier alpha value is -3.21. The van der Waals surface area contributed by atoms with E-state index in [9.17, 15) is 26.8 Å². The number of hydrogen-bond donors (Lipinski definition) is 2. The van der Waals surface area contributed by atoms with Crippen molar-refractivity contribution >= 4 is 27.6 Å². The number of piperidine rings is 1. The molecule has 11 heteroatoms. The number of carbonyl (C=O) groups excluding carboxylic acids is 2. The van der Waals surface area contributed by atoms with E-state index in [-0.39, 0.29) is 24.8 Å². The standard InChI is InChI=1S/C24H27F2N3O5S/c1-15(2)35(32,33)34-22-11-16(3-5-19(22)26)14-27-23(31)29-9-7-24(8-10-29)13-21(30)18-12-17(25)4-6-20(18)28-24/h3-6,11-12,15,28H,7-10,13-14H2,1-2H3,(H,27,31). The molecule has 0 bridgehead atoms. The summed E-state index contributed by atoms with van der Waals surface area (Å²) in [6, 6.07) is 7.56. The number of benzene rings is 2. The number of anilines is 1. The summed E-state index contributed by atoms with van der Waals surface area (Å²) in [5.41, 5.74) is 0.948. The van der Waals surface area contributed by atoms with Gasteiger partial charge >= 0.3 is 16.1 Å². The van der Waals surface area contributed by atoms with E-state index in [4.69, 9.17) is 4.18 Å². The van der Waals surface area contributed by atoms with E-state index in [2.05, 4.69) is 10.6 Å². The average molecular weight is 508 g/mol. The molecular weight excluding hydrogens is 480 g/mol. The smallest absolute Gasteiger partial charge is 0.317 e. The minimum absolute atomic E-state index is 0.0501. The van der Waals surface area contributed by atoms with Crippen LogP contribution in [0.5, 0.6) is 5.75 Å². The number of nitrogens with one attached hydrogen (secondary N) is 2. The number of halogens is 2. The van der Waals surface area contributed by atoms with Gasteiger partial charge in [-0.15, -0.1) is 0 Å². The van der Waals surface area contributed by atoms with E-state index in [0.717, 1.165) is 6.07 Å². The van der Waals surface area contributed by atoms with Crippen LogP contribution in [-0.4, -0.2) is 49.0 Å². The molecule has 2 heterocycles. The largest absolute Gasteiger partial charge is 0.379 e. The summed E-state index contributed by atoms with van der Waals surface area (Å²) in [6.45, 7) is 3.73. The Bertz CT molecular complexity index is 1260. The third kappa shape index (κ3) is 5.39. The zero-order chi connectivity index (χ0) is 25.4. The summed E-state index contributed by atoms with van der Waals surface area (Å²) in [7, 11) is -3.96. The number of ketones is 1. The molecule has 0 aromatic heterocycles. The molecular formula is C24H27F2N3O5S. The van der Waals surface area contributed by atoms with Gasteiger partial charge in [-0.25, -0.2) is 13.6 Å². The van der Waals surface area contributed by atoms with Crippen LogP contribution in [-0.2, 0) is 16.7 Å². The Morgan fingerprint density at radius 1 is 1.17 bits per heavy atom. The third-order valence-electron chi connectivity index (χ3n) is 6.41. The quantitative estimate of drug-likeness (QED) is 0.596. The molecule has 0 saturated carbocycles. The highest BCUT2D eigenvalue weighted by Crippen LogP contribution is 2.37. The van der Waals surface area contributed by atoms with E-state index in [1.54, 1.807) is 11.0 Å². The predicted molar refractivity (Wildman–Crippen MR) is 126 cm³/mol. The van der Waals surface area contributed by atoms with Crippen molar-refractivity contribution < 1.29 is 31.0 Å². The molecule has 1 saturated heterocycles. The molecule has 2 aliphatic rings.